The third-order valence-electron chi connectivity index (χ3n) is 1.42. The Hall–Kier alpha value is -1.04. The van der Waals surface area contributed by atoms with E-state index in [0.29, 0.717) is 0 Å². The molecular formula is C6H4F4O2. The van der Waals surface area contributed by atoms with Crippen LogP contribution in [-0.4, -0.2) is 22.5 Å². The molecule has 68 valence electrons. The maximum atomic E-state index is 12.4. The van der Waals surface area contributed by atoms with Gasteiger partial charge in [0.15, 0.2) is 23.6 Å². The van der Waals surface area contributed by atoms with E-state index in [4.69, 9.17) is 10.2 Å². The second kappa shape index (κ2) is 2.78. The van der Waals surface area contributed by atoms with Crippen molar-refractivity contribution in [1.82, 2.24) is 0 Å². The maximum Gasteiger partial charge on any atom is 0.201 e. The van der Waals surface area contributed by atoms with Gasteiger partial charge in [0.2, 0.25) is 5.83 Å². The highest BCUT2D eigenvalue weighted by Gasteiger charge is 2.38. The highest BCUT2D eigenvalue weighted by atomic mass is 19.2. The Morgan fingerprint density at radius 3 is 2.08 bits per heavy atom. The van der Waals surface area contributed by atoms with Crippen molar-refractivity contribution >= 4 is 0 Å². The second-order valence-corrected chi connectivity index (χ2v) is 2.21. The first-order valence-electron chi connectivity index (χ1n) is 2.93. The number of hydrogen-bond acceptors (Lipinski definition) is 2. The Labute approximate surface area is 64.4 Å². The van der Waals surface area contributed by atoms with Crippen molar-refractivity contribution in [2.24, 2.45) is 0 Å². The highest BCUT2D eigenvalue weighted by Crippen LogP contribution is 2.33. The van der Waals surface area contributed by atoms with E-state index in [1.54, 1.807) is 0 Å². The van der Waals surface area contributed by atoms with Gasteiger partial charge >= 0.3 is 0 Å². The molecule has 6 heteroatoms. The Kier molecular flexibility index (Phi) is 2.10. The molecule has 2 nitrogen and oxygen atoms in total. The summed E-state index contributed by atoms with van der Waals surface area (Å²) in [5, 5.41) is 16.9. The topological polar surface area (TPSA) is 40.5 Å². The van der Waals surface area contributed by atoms with E-state index in [0.717, 1.165) is 0 Å². The number of allylic oxidation sites excluding steroid dienone is 1. The van der Waals surface area contributed by atoms with Crippen LogP contribution < -0.4 is 0 Å². The van der Waals surface area contributed by atoms with Crippen molar-refractivity contribution in [1.29, 1.82) is 0 Å². The van der Waals surface area contributed by atoms with Gasteiger partial charge in [-0.1, -0.05) is 0 Å². The molecule has 0 fully saturated rings. The molecule has 2 N–H and O–H groups in total. The van der Waals surface area contributed by atoms with E-state index < -0.39 is 35.5 Å². The number of aliphatic hydroxyl groups excluding tert-OH is 2. The van der Waals surface area contributed by atoms with Gasteiger partial charge in [-0.2, -0.15) is 4.39 Å². The predicted octanol–water partition coefficient (Wildman–Crippen LogP) is 1.59. The standard InChI is InChI=1S/C6H4F4O2/c7-1-2(8)6(12)4(10)3(9)5(1)11/h1,5,11-12H. The molecule has 0 radical (unpaired) electrons. The fraction of sp³-hybridized carbons (Fsp3) is 0.333. The lowest BCUT2D eigenvalue weighted by atomic mass is 10.1. The highest BCUT2D eigenvalue weighted by molar-refractivity contribution is 5.34. The normalized spacial score (nSPS) is 31.4. The predicted molar refractivity (Wildman–Crippen MR) is 30.9 cm³/mol. The van der Waals surface area contributed by atoms with Gasteiger partial charge in [-0.25, -0.2) is 13.2 Å². The fourth-order valence-corrected chi connectivity index (χ4v) is 0.745. The minimum absolute atomic E-state index is 1.73. The molecule has 1 rings (SSSR count). The summed E-state index contributed by atoms with van der Waals surface area (Å²) in [4.78, 5) is 0. The molecule has 0 aliphatic heterocycles. The number of aliphatic hydroxyl groups is 2. The van der Waals surface area contributed by atoms with Crippen molar-refractivity contribution in [3.63, 3.8) is 0 Å². The quantitative estimate of drug-likeness (QED) is 0.561. The van der Waals surface area contributed by atoms with Gasteiger partial charge in [-0.05, 0) is 0 Å². The molecule has 0 heterocycles. The monoisotopic (exact) mass is 184 g/mol. The van der Waals surface area contributed by atoms with E-state index in [9.17, 15) is 17.6 Å². The summed E-state index contributed by atoms with van der Waals surface area (Å²) in [7, 11) is 0. The van der Waals surface area contributed by atoms with Crippen LogP contribution in [0.3, 0.4) is 0 Å². The summed E-state index contributed by atoms with van der Waals surface area (Å²) in [6.07, 6.45) is -5.26. The molecule has 2 unspecified atom stereocenters. The number of hydrogen-bond donors (Lipinski definition) is 2. The van der Waals surface area contributed by atoms with Crippen LogP contribution in [0.1, 0.15) is 0 Å². The molecular weight excluding hydrogens is 180 g/mol. The number of rotatable bonds is 0. The summed E-state index contributed by atoms with van der Waals surface area (Å²) in [5.74, 6) is -7.50. The second-order valence-electron chi connectivity index (χ2n) is 2.21. The van der Waals surface area contributed by atoms with E-state index in [1.807, 2.05) is 0 Å². The zero-order valence-corrected chi connectivity index (χ0v) is 5.56. The van der Waals surface area contributed by atoms with Gasteiger partial charge in [-0.3, -0.25) is 0 Å². The fourth-order valence-electron chi connectivity index (χ4n) is 0.745. The molecule has 0 aromatic heterocycles. The number of alkyl halides is 1. The largest absolute Gasteiger partial charge is 0.503 e. The Bertz CT molecular complexity index is 243. The van der Waals surface area contributed by atoms with Gasteiger partial charge in [0.05, 0.1) is 0 Å². The van der Waals surface area contributed by atoms with Gasteiger partial charge in [-0.15, -0.1) is 0 Å². The number of halogens is 4. The Balaban J connectivity index is 3.18. The minimum atomic E-state index is -2.75. The smallest absolute Gasteiger partial charge is 0.201 e. The van der Waals surface area contributed by atoms with Crippen LogP contribution in [0.25, 0.3) is 0 Å². The van der Waals surface area contributed by atoms with Crippen LogP contribution in [0, 0.1) is 0 Å². The lowest BCUT2D eigenvalue weighted by molar-refractivity contribution is 0.0782. The Morgan fingerprint density at radius 1 is 1.08 bits per heavy atom. The average molecular weight is 184 g/mol. The van der Waals surface area contributed by atoms with Crippen LogP contribution >= 0.6 is 0 Å². The van der Waals surface area contributed by atoms with E-state index in [1.165, 1.54) is 0 Å². The molecule has 0 saturated heterocycles. The first kappa shape index (κ1) is 9.05. The van der Waals surface area contributed by atoms with Crippen molar-refractivity contribution < 1.29 is 27.8 Å². The van der Waals surface area contributed by atoms with Gasteiger partial charge in [0.25, 0.3) is 0 Å². The van der Waals surface area contributed by atoms with Gasteiger partial charge < -0.3 is 10.2 Å². The van der Waals surface area contributed by atoms with Crippen LogP contribution in [-0.2, 0) is 0 Å². The van der Waals surface area contributed by atoms with Crippen molar-refractivity contribution in [3.05, 3.63) is 23.2 Å². The third kappa shape index (κ3) is 1.08. The van der Waals surface area contributed by atoms with Crippen LogP contribution in [0.2, 0.25) is 0 Å². The summed E-state index contributed by atoms with van der Waals surface area (Å²) in [6, 6.07) is 0. The van der Waals surface area contributed by atoms with E-state index in [2.05, 4.69) is 0 Å². The maximum absolute atomic E-state index is 12.4. The van der Waals surface area contributed by atoms with Crippen LogP contribution in [0.5, 0.6) is 0 Å². The molecule has 0 aromatic carbocycles. The van der Waals surface area contributed by atoms with Crippen molar-refractivity contribution in [3.8, 4) is 0 Å². The van der Waals surface area contributed by atoms with Crippen molar-refractivity contribution in [2.45, 2.75) is 12.3 Å². The molecule has 0 aromatic rings. The summed E-state index contributed by atoms with van der Waals surface area (Å²) >= 11 is 0. The molecule has 12 heavy (non-hydrogen) atoms. The van der Waals surface area contributed by atoms with Gasteiger partial charge in [0, 0.05) is 0 Å². The Morgan fingerprint density at radius 2 is 1.58 bits per heavy atom. The molecule has 0 saturated carbocycles. The summed E-state index contributed by atoms with van der Waals surface area (Å²) < 4.78 is 49.2. The lowest BCUT2D eigenvalue weighted by Gasteiger charge is -2.18. The third-order valence-corrected chi connectivity index (χ3v) is 1.42. The zero-order valence-electron chi connectivity index (χ0n) is 5.56. The molecule has 2 atom stereocenters. The zero-order chi connectivity index (χ0) is 9.46. The molecule has 1 aliphatic rings. The molecule has 0 bridgehead atoms. The van der Waals surface area contributed by atoms with Crippen molar-refractivity contribution in [2.75, 3.05) is 0 Å². The lowest BCUT2D eigenvalue weighted by Crippen LogP contribution is -2.28. The van der Waals surface area contributed by atoms with Crippen LogP contribution in [0.15, 0.2) is 23.2 Å². The van der Waals surface area contributed by atoms with E-state index >= 15 is 0 Å². The minimum Gasteiger partial charge on any atom is -0.503 e. The first-order chi connectivity index (χ1) is 5.46. The molecule has 0 amide bonds. The average Bonchev–Trinajstić information content (AvgIpc) is 2.08. The summed E-state index contributed by atoms with van der Waals surface area (Å²) in [5.41, 5.74) is 0. The SMILES string of the molecule is OC1=C(F)C(F)C(O)C(F)=C1F. The van der Waals surface area contributed by atoms with Crippen LogP contribution in [0.4, 0.5) is 17.6 Å². The van der Waals surface area contributed by atoms with Gasteiger partial charge in [0.1, 0.15) is 6.10 Å². The summed E-state index contributed by atoms with van der Waals surface area (Å²) in [6.45, 7) is 0. The van der Waals surface area contributed by atoms with E-state index in [-0.39, 0.29) is 0 Å². The molecule has 1 aliphatic carbocycles. The first-order valence-corrected chi connectivity index (χ1v) is 2.93. The molecule has 0 spiro atoms.